The molecule has 4 atom stereocenters. The van der Waals surface area contributed by atoms with Gasteiger partial charge in [0.25, 0.3) is 0 Å². The number of benzene rings is 1. The van der Waals surface area contributed by atoms with Gasteiger partial charge in [0, 0.05) is 50.6 Å². The molecule has 1 amide bonds. The lowest BCUT2D eigenvalue weighted by Gasteiger charge is -2.42. The van der Waals surface area contributed by atoms with E-state index >= 15 is 0 Å². The van der Waals surface area contributed by atoms with Crippen LogP contribution >= 0.6 is 0 Å². The second-order valence-corrected chi connectivity index (χ2v) is 10.7. The number of nitrogens with zero attached hydrogens (tertiary/aromatic N) is 2. The van der Waals surface area contributed by atoms with Gasteiger partial charge < -0.3 is 19.9 Å². The molecule has 0 aromatic heterocycles. The number of carbonyl (C=O) groups excluding carboxylic acids is 1. The Labute approximate surface area is 201 Å². The number of piperazine rings is 1. The minimum atomic E-state index is -4.35. The summed E-state index contributed by atoms with van der Waals surface area (Å²) >= 11 is 0. The lowest BCUT2D eigenvalue weighted by atomic mass is 9.74. The van der Waals surface area contributed by atoms with Crippen molar-refractivity contribution in [1.29, 1.82) is 0 Å². The van der Waals surface area contributed by atoms with Crippen LogP contribution in [0.25, 0.3) is 0 Å². The number of anilines is 1. The van der Waals surface area contributed by atoms with Gasteiger partial charge in [-0.25, -0.2) is 0 Å². The Balaban J connectivity index is 1.38. The molecule has 4 rings (SSSR count). The number of amides is 1. The first-order chi connectivity index (χ1) is 16.1. The van der Waals surface area contributed by atoms with Crippen LogP contribution in [0.3, 0.4) is 0 Å². The average Bonchev–Trinajstić information content (AvgIpc) is 3.25. The van der Waals surface area contributed by atoms with Gasteiger partial charge in [-0.05, 0) is 55.7 Å². The molecule has 190 valence electrons. The molecule has 5 nitrogen and oxygen atoms in total. The molecule has 2 aliphatic heterocycles. The number of hydrogen-bond acceptors (Lipinski definition) is 4. The summed E-state index contributed by atoms with van der Waals surface area (Å²) in [6.45, 7) is 10.3. The number of halogens is 3. The zero-order valence-corrected chi connectivity index (χ0v) is 20.5. The lowest BCUT2D eigenvalue weighted by Crippen LogP contribution is -2.54. The number of alkyl halides is 3. The minimum Gasteiger partial charge on any atom is -0.381 e. The highest BCUT2D eigenvalue weighted by molar-refractivity contribution is 5.84. The van der Waals surface area contributed by atoms with Gasteiger partial charge in [-0.15, -0.1) is 0 Å². The SMILES string of the molecule is CC1COCCC1N[C@@H]1CCC(C(=O)N2CCN(c3cccc(C(F)(F)F)c3)CC2)(C(C)C)C1. The molecule has 3 fully saturated rings. The largest absolute Gasteiger partial charge is 0.416 e. The van der Waals surface area contributed by atoms with Crippen LogP contribution in [0.2, 0.25) is 0 Å². The summed E-state index contributed by atoms with van der Waals surface area (Å²) in [5.74, 6) is 0.929. The smallest absolute Gasteiger partial charge is 0.381 e. The summed E-state index contributed by atoms with van der Waals surface area (Å²) in [7, 11) is 0. The second-order valence-electron chi connectivity index (χ2n) is 10.7. The highest BCUT2D eigenvalue weighted by Gasteiger charge is 2.50. The zero-order chi connectivity index (χ0) is 24.5. The molecule has 2 heterocycles. The lowest BCUT2D eigenvalue weighted by molar-refractivity contribution is -0.145. The molecule has 3 aliphatic rings. The molecule has 1 aromatic rings. The van der Waals surface area contributed by atoms with Crippen molar-refractivity contribution in [2.24, 2.45) is 17.3 Å². The van der Waals surface area contributed by atoms with E-state index in [4.69, 9.17) is 4.74 Å². The van der Waals surface area contributed by atoms with Crippen LogP contribution in [0.5, 0.6) is 0 Å². The Hall–Kier alpha value is -1.80. The Bertz CT molecular complexity index is 854. The molecule has 1 N–H and O–H groups in total. The summed E-state index contributed by atoms with van der Waals surface area (Å²) in [4.78, 5) is 17.7. The first kappa shape index (κ1) is 25.3. The molecule has 3 unspecified atom stereocenters. The van der Waals surface area contributed by atoms with Crippen LogP contribution in [-0.2, 0) is 15.7 Å². The van der Waals surface area contributed by atoms with E-state index in [9.17, 15) is 18.0 Å². The minimum absolute atomic E-state index is 0.218. The van der Waals surface area contributed by atoms with Gasteiger partial charge in [0.1, 0.15) is 0 Å². The van der Waals surface area contributed by atoms with Gasteiger partial charge in [0.2, 0.25) is 5.91 Å². The maximum absolute atomic E-state index is 13.8. The van der Waals surface area contributed by atoms with Gasteiger partial charge in [-0.1, -0.05) is 26.8 Å². The first-order valence-electron chi connectivity index (χ1n) is 12.7. The fourth-order valence-electron chi connectivity index (χ4n) is 5.98. The highest BCUT2D eigenvalue weighted by atomic mass is 19.4. The second kappa shape index (κ2) is 10.1. The first-order valence-corrected chi connectivity index (χ1v) is 12.7. The van der Waals surface area contributed by atoms with E-state index in [-0.39, 0.29) is 17.2 Å². The van der Waals surface area contributed by atoms with Gasteiger partial charge in [0.05, 0.1) is 17.6 Å². The van der Waals surface area contributed by atoms with Crippen molar-refractivity contribution in [2.75, 3.05) is 44.3 Å². The van der Waals surface area contributed by atoms with Crippen LogP contribution in [0.4, 0.5) is 18.9 Å². The van der Waals surface area contributed by atoms with Crippen molar-refractivity contribution < 1.29 is 22.7 Å². The zero-order valence-electron chi connectivity index (χ0n) is 20.5. The topological polar surface area (TPSA) is 44.8 Å². The van der Waals surface area contributed by atoms with Crippen LogP contribution in [0, 0.1) is 17.3 Å². The molecule has 1 aliphatic carbocycles. The molecule has 2 saturated heterocycles. The summed E-state index contributed by atoms with van der Waals surface area (Å²) in [6, 6.07) is 6.25. The third-order valence-corrected chi connectivity index (χ3v) is 8.28. The summed E-state index contributed by atoms with van der Waals surface area (Å²) < 4.78 is 44.9. The number of rotatable bonds is 5. The van der Waals surface area contributed by atoms with Gasteiger partial charge in [0.15, 0.2) is 0 Å². The number of hydrogen-bond donors (Lipinski definition) is 1. The maximum Gasteiger partial charge on any atom is 0.416 e. The van der Waals surface area contributed by atoms with Crippen LogP contribution in [0.1, 0.15) is 52.0 Å². The molecule has 0 bridgehead atoms. The van der Waals surface area contributed by atoms with E-state index < -0.39 is 11.7 Å². The molecular weight excluding hydrogens is 443 g/mol. The Morgan fingerprint density at radius 3 is 2.56 bits per heavy atom. The molecular formula is C26H38F3N3O2. The van der Waals surface area contributed by atoms with Crippen LogP contribution in [0.15, 0.2) is 24.3 Å². The van der Waals surface area contributed by atoms with E-state index in [1.165, 1.54) is 12.1 Å². The molecule has 1 saturated carbocycles. The summed E-state index contributed by atoms with van der Waals surface area (Å²) in [5.41, 5.74) is -0.438. The summed E-state index contributed by atoms with van der Waals surface area (Å²) in [6.07, 6.45) is -0.614. The van der Waals surface area contributed by atoms with Crippen molar-refractivity contribution >= 4 is 11.6 Å². The predicted molar refractivity (Wildman–Crippen MR) is 127 cm³/mol. The molecule has 34 heavy (non-hydrogen) atoms. The Morgan fingerprint density at radius 1 is 1.18 bits per heavy atom. The van der Waals surface area contributed by atoms with Crippen molar-refractivity contribution in [2.45, 2.75) is 64.7 Å². The number of ether oxygens (including phenoxy) is 1. The molecule has 0 radical (unpaired) electrons. The van der Waals surface area contributed by atoms with Gasteiger partial charge >= 0.3 is 6.18 Å². The monoisotopic (exact) mass is 481 g/mol. The average molecular weight is 482 g/mol. The third kappa shape index (κ3) is 5.23. The molecule has 0 spiro atoms. The van der Waals surface area contributed by atoms with Crippen LogP contribution < -0.4 is 10.2 Å². The van der Waals surface area contributed by atoms with E-state index in [1.54, 1.807) is 6.07 Å². The molecule has 8 heteroatoms. The summed E-state index contributed by atoms with van der Waals surface area (Å²) in [5, 5.41) is 3.83. The fourth-order valence-corrected chi connectivity index (χ4v) is 5.98. The predicted octanol–water partition coefficient (Wildman–Crippen LogP) is 4.56. The third-order valence-electron chi connectivity index (χ3n) is 8.28. The van der Waals surface area contributed by atoms with E-state index in [0.717, 1.165) is 45.0 Å². The van der Waals surface area contributed by atoms with E-state index in [0.29, 0.717) is 49.9 Å². The standard InChI is InChI=1S/C26H38F3N3O2/c1-18(2)25(9-7-21(16-25)30-23-8-14-34-17-19(23)3)24(33)32-12-10-31(11-13-32)22-6-4-5-20(15-22)26(27,28)29/h4-6,15,18-19,21,23,30H,7-14,16-17H2,1-3H3/t19?,21-,23?,25?/m1/s1. The van der Waals surface area contributed by atoms with Gasteiger partial charge in [-0.2, -0.15) is 13.2 Å². The Morgan fingerprint density at radius 2 is 1.91 bits per heavy atom. The van der Waals surface area contributed by atoms with Crippen molar-refractivity contribution in [3.8, 4) is 0 Å². The normalized spacial score (nSPS) is 30.7. The van der Waals surface area contributed by atoms with Gasteiger partial charge in [-0.3, -0.25) is 4.79 Å². The van der Waals surface area contributed by atoms with E-state index in [2.05, 4.69) is 26.1 Å². The highest BCUT2D eigenvalue weighted by Crippen LogP contribution is 2.46. The quantitative estimate of drug-likeness (QED) is 0.670. The maximum atomic E-state index is 13.8. The molecule has 1 aromatic carbocycles. The van der Waals surface area contributed by atoms with Crippen molar-refractivity contribution in [3.63, 3.8) is 0 Å². The van der Waals surface area contributed by atoms with Crippen LogP contribution in [-0.4, -0.2) is 62.3 Å². The van der Waals surface area contributed by atoms with Crippen molar-refractivity contribution in [3.05, 3.63) is 29.8 Å². The fraction of sp³-hybridized carbons (Fsp3) is 0.731. The van der Waals surface area contributed by atoms with Crippen molar-refractivity contribution in [1.82, 2.24) is 10.2 Å². The Kier molecular flexibility index (Phi) is 7.48. The number of nitrogens with one attached hydrogen (secondary N) is 1. The van der Waals surface area contributed by atoms with E-state index in [1.807, 2.05) is 9.80 Å². The number of carbonyl (C=O) groups is 1.